The number of rotatable bonds is 1. The molecule has 0 aromatic heterocycles. The molecule has 2 aromatic rings. The Bertz CT molecular complexity index is 547. The number of non-ortho nitro benzene ring substituents is 1. The average Bonchev–Trinajstić information content (AvgIpc) is 2.23. The molecule has 0 fully saturated rings. The van der Waals surface area contributed by atoms with Gasteiger partial charge in [0, 0.05) is 6.07 Å². The first kappa shape index (κ1) is 9.65. The van der Waals surface area contributed by atoms with Crippen molar-refractivity contribution in [1.82, 2.24) is 0 Å². The monoisotopic (exact) mass is 201 g/mol. The van der Waals surface area contributed by atoms with Crippen LogP contribution in [0.25, 0.3) is 10.8 Å². The molecule has 0 aliphatic rings. The van der Waals surface area contributed by atoms with Gasteiger partial charge >= 0.3 is 0 Å². The van der Waals surface area contributed by atoms with Crippen molar-refractivity contribution in [3.05, 3.63) is 51.6 Å². The third-order valence-electron chi connectivity index (χ3n) is 2.75. The van der Waals surface area contributed by atoms with Gasteiger partial charge < -0.3 is 0 Å². The van der Waals surface area contributed by atoms with Crippen LogP contribution in [0, 0.1) is 24.0 Å². The fourth-order valence-electron chi connectivity index (χ4n) is 1.79. The van der Waals surface area contributed by atoms with Crippen LogP contribution in [0.4, 0.5) is 5.69 Å². The zero-order valence-corrected chi connectivity index (χ0v) is 8.65. The molecular formula is C12H11NO2. The summed E-state index contributed by atoms with van der Waals surface area (Å²) >= 11 is 0. The molecule has 2 aromatic carbocycles. The topological polar surface area (TPSA) is 43.1 Å². The first-order chi connectivity index (χ1) is 7.11. The maximum atomic E-state index is 10.9. The standard InChI is InChI=1S/C12H11NO2/c1-8-6-7-10-4-3-5-11(13(14)15)12(10)9(8)2/h3-7H,1-2H3. The van der Waals surface area contributed by atoms with Gasteiger partial charge in [0.1, 0.15) is 0 Å². The summed E-state index contributed by atoms with van der Waals surface area (Å²) in [6.45, 7) is 3.89. The molecule has 0 unspecified atom stereocenters. The molecule has 15 heavy (non-hydrogen) atoms. The SMILES string of the molecule is Cc1ccc2cccc([N+](=O)[O-])c2c1C. The Balaban J connectivity index is 2.94. The second-order valence-corrected chi connectivity index (χ2v) is 3.64. The van der Waals surface area contributed by atoms with E-state index >= 15 is 0 Å². The number of nitro groups is 1. The van der Waals surface area contributed by atoms with E-state index in [-0.39, 0.29) is 10.6 Å². The van der Waals surface area contributed by atoms with E-state index in [0.717, 1.165) is 21.9 Å². The van der Waals surface area contributed by atoms with Crippen LogP contribution in [0.15, 0.2) is 30.3 Å². The summed E-state index contributed by atoms with van der Waals surface area (Å²) in [7, 11) is 0. The van der Waals surface area contributed by atoms with Gasteiger partial charge in [-0.15, -0.1) is 0 Å². The summed E-state index contributed by atoms with van der Waals surface area (Å²) in [5.41, 5.74) is 2.25. The summed E-state index contributed by atoms with van der Waals surface area (Å²) < 4.78 is 0. The number of fused-ring (bicyclic) bond motifs is 1. The highest BCUT2D eigenvalue weighted by atomic mass is 16.6. The van der Waals surface area contributed by atoms with E-state index in [1.54, 1.807) is 12.1 Å². The molecule has 3 heteroatoms. The predicted molar refractivity (Wildman–Crippen MR) is 60.1 cm³/mol. The first-order valence-electron chi connectivity index (χ1n) is 4.74. The minimum atomic E-state index is -0.325. The number of nitrogens with zero attached hydrogens (tertiary/aromatic N) is 1. The highest BCUT2D eigenvalue weighted by Gasteiger charge is 2.13. The van der Waals surface area contributed by atoms with E-state index in [9.17, 15) is 10.1 Å². The molecule has 0 bridgehead atoms. The van der Waals surface area contributed by atoms with Crippen molar-refractivity contribution in [3.8, 4) is 0 Å². The predicted octanol–water partition coefficient (Wildman–Crippen LogP) is 3.36. The molecule has 0 radical (unpaired) electrons. The lowest BCUT2D eigenvalue weighted by Gasteiger charge is -2.05. The van der Waals surface area contributed by atoms with E-state index in [1.807, 2.05) is 32.0 Å². The van der Waals surface area contributed by atoms with Crippen LogP contribution >= 0.6 is 0 Å². The smallest absolute Gasteiger partial charge is 0.258 e. The number of benzene rings is 2. The Morgan fingerprint density at radius 1 is 1.13 bits per heavy atom. The second-order valence-electron chi connectivity index (χ2n) is 3.64. The fraction of sp³-hybridized carbons (Fsp3) is 0.167. The molecule has 3 nitrogen and oxygen atoms in total. The van der Waals surface area contributed by atoms with Gasteiger partial charge in [-0.05, 0) is 30.4 Å². The highest BCUT2D eigenvalue weighted by molar-refractivity contribution is 5.94. The maximum Gasteiger partial charge on any atom is 0.277 e. The highest BCUT2D eigenvalue weighted by Crippen LogP contribution is 2.29. The zero-order valence-electron chi connectivity index (χ0n) is 8.65. The number of nitro benzene ring substituents is 1. The average molecular weight is 201 g/mol. The Hall–Kier alpha value is -1.90. The van der Waals surface area contributed by atoms with Crippen LogP contribution in [0.3, 0.4) is 0 Å². The summed E-state index contributed by atoms with van der Waals surface area (Å²) in [5, 5.41) is 12.6. The Morgan fingerprint density at radius 2 is 1.87 bits per heavy atom. The third-order valence-corrected chi connectivity index (χ3v) is 2.75. The van der Waals surface area contributed by atoms with E-state index in [4.69, 9.17) is 0 Å². The Morgan fingerprint density at radius 3 is 2.53 bits per heavy atom. The molecule has 0 saturated heterocycles. The van der Waals surface area contributed by atoms with Gasteiger partial charge in [-0.2, -0.15) is 0 Å². The lowest BCUT2D eigenvalue weighted by Crippen LogP contribution is -1.92. The quantitative estimate of drug-likeness (QED) is 0.524. The van der Waals surface area contributed by atoms with Crippen molar-refractivity contribution < 1.29 is 4.92 Å². The summed E-state index contributed by atoms with van der Waals surface area (Å²) in [4.78, 5) is 10.6. The first-order valence-corrected chi connectivity index (χ1v) is 4.74. The third kappa shape index (κ3) is 1.46. The van der Waals surface area contributed by atoms with Gasteiger partial charge in [0.05, 0.1) is 10.3 Å². The lowest BCUT2D eigenvalue weighted by molar-refractivity contribution is -0.383. The van der Waals surface area contributed by atoms with Crippen LogP contribution in [0.1, 0.15) is 11.1 Å². The molecule has 0 aliphatic heterocycles. The molecule has 0 saturated carbocycles. The Kier molecular flexibility index (Phi) is 2.15. The lowest BCUT2D eigenvalue weighted by atomic mass is 10.00. The van der Waals surface area contributed by atoms with E-state index < -0.39 is 0 Å². The molecule has 0 spiro atoms. The van der Waals surface area contributed by atoms with Crippen molar-refractivity contribution in [1.29, 1.82) is 0 Å². The van der Waals surface area contributed by atoms with Gasteiger partial charge in [-0.3, -0.25) is 10.1 Å². The van der Waals surface area contributed by atoms with Crippen LogP contribution in [0.5, 0.6) is 0 Å². The second kappa shape index (κ2) is 3.35. The normalized spacial score (nSPS) is 10.5. The molecule has 76 valence electrons. The molecule has 0 amide bonds. The van der Waals surface area contributed by atoms with Crippen LogP contribution in [-0.4, -0.2) is 4.92 Å². The zero-order chi connectivity index (χ0) is 11.0. The molecule has 2 rings (SSSR count). The van der Waals surface area contributed by atoms with Gasteiger partial charge in [-0.1, -0.05) is 24.3 Å². The summed E-state index contributed by atoms with van der Waals surface area (Å²) in [5.74, 6) is 0. The summed E-state index contributed by atoms with van der Waals surface area (Å²) in [6.07, 6.45) is 0. The van der Waals surface area contributed by atoms with Crippen LogP contribution in [-0.2, 0) is 0 Å². The molecular weight excluding hydrogens is 190 g/mol. The van der Waals surface area contributed by atoms with Crippen molar-refractivity contribution in [2.45, 2.75) is 13.8 Å². The van der Waals surface area contributed by atoms with Gasteiger partial charge in [-0.25, -0.2) is 0 Å². The van der Waals surface area contributed by atoms with Crippen LogP contribution in [0.2, 0.25) is 0 Å². The van der Waals surface area contributed by atoms with Crippen molar-refractivity contribution >= 4 is 16.5 Å². The molecule has 0 aliphatic carbocycles. The number of aryl methyl sites for hydroxylation is 2. The number of hydrogen-bond donors (Lipinski definition) is 0. The molecule has 0 N–H and O–H groups in total. The van der Waals surface area contributed by atoms with Gasteiger partial charge in [0.15, 0.2) is 0 Å². The van der Waals surface area contributed by atoms with E-state index in [0.29, 0.717) is 0 Å². The fourth-order valence-corrected chi connectivity index (χ4v) is 1.79. The maximum absolute atomic E-state index is 10.9. The molecule has 0 heterocycles. The van der Waals surface area contributed by atoms with Crippen LogP contribution < -0.4 is 0 Å². The molecule has 0 atom stereocenters. The van der Waals surface area contributed by atoms with E-state index in [2.05, 4.69) is 0 Å². The number of hydrogen-bond acceptors (Lipinski definition) is 2. The van der Waals surface area contributed by atoms with Crippen molar-refractivity contribution in [2.75, 3.05) is 0 Å². The Labute approximate surface area is 87.5 Å². The minimum absolute atomic E-state index is 0.189. The van der Waals surface area contributed by atoms with Gasteiger partial charge in [0.25, 0.3) is 5.69 Å². The minimum Gasteiger partial charge on any atom is -0.258 e. The summed E-state index contributed by atoms with van der Waals surface area (Å²) in [6, 6.07) is 9.07. The largest absolute Gasteiger partial charge is 0.277 e. The van der Waals surface area contributed by atoms with Crippen molar-refractivity contribution in [2.24, 2.45) is 0 Å². The van der Waals surface area contributed by atoms with Crippen molar-refractivity contribution in [3.63, 3.8) is 0 Å². The van der Waals surface area contributed by atoms with E-state index in [1.165, 1.54) is 0 Å². The van der Waals surface area contributed by atoms with Gasteiger partial charge in [0.2, 0.25) is 0 Å².